The highest BCUT2D eigenvalue weighted by atomic mass is 16.7. The second kappa shape index (κ2) is 29.8. The number of fused-ring (bicyclic) bond motifs is 6. The Bertz CT molecular complexity index is 4690. The topological polar surface area (TPSA) is 278 Å². The normalized spacial score (nSPS) is 21.1. The first kappa shape index (κ1) is 73.1. The number of aromatic nitrogens is 4. The number of nitrogens with zero attached hydrogens (tertiary/aromatic N) is 7. The summed E-state index contributed by atoms with van der Waals surface area (Å²) < 4.78 is 39.4. The van der Waals surface area contributed by atoms with Gasteiger partial charge in [-0.15, -0.1) is 0 Å². The van der Waals surface area contributed by atoms with E-state index in [0.29, 0.717) is 69.9 Å². The maximum atomic E-state index is 14.0. The Kier molecular flexibility index (Phi) is 20.6. The summed E-state index contributed by atoms with van der Waals surface area (Å²) in [4.78, 5) is 96.8. The predicted molar refractivity (Wildman–Crippen MR) is 405 cm³/mol. The summed E-state index contributed by atoms with van der Waals surface area (Å²) in [5, 5.41) is 13.8. The summed E-state index contributed by atoms with van der Waals surface area (Å²) in [7, 11) is 2.56. The molecule has 16 rings (SSSR count). The molecule has 24 nitrogen and oxygen atoms in total. The Balaban J connectivity index is 0.000000178. The zero-order valence-electron chi connectivity index (χ0n) is 61.0. The van der Waals surface area contributed by atoms with Crippen LogP contribution < -0.4 is 16.0 Å². The van der Waals surface area contributed by atoms with Crippen LogP contribution in [0, 0.1) is 11.8 Å². The number of hydrogen-bond acceptors (Lipinski definition) is 17. The number of carbonyl (C=O) groups excluding carboxylic acids is 5. The fourth-order valence-electron chi connectivity index (χ4n) is 16.3. The van der Waals surface area contributed by atoms with Crippen LogP contribution in [0.3, 0.4) is 0 Å². The number of aromatic amines is 2. The fraction of sp³-hybridized carbons (Fsp3) is 0.451. The van der Waals surface area contributed by atoms with Crippen molar-refractivity contribution in [2.75, 3.05) is 66.8 Å². The molecule has 6 fully saturated rings. The summed E-state index contributed by atoms with van der Waals surface area (Å²) >= 11 is 0. The molecule has 5 amide bonds. The summed E-state index contributed by atoms with van der Waals surface area (Å²) in [6.07, 6.45) is 8.69. The van der Waals surface area contributed by atoms with E-state index in [2.05, 4.69) is 135 Å². The molecule has 0 unspecified atom stereocenters. The van der Waals surface area contributed by atoms with E-state index in [0.717, 1.165) is 93.0 Å². The van der Waals surface area contributed by atoms with Gasteiger partial charge in [0, 0.05) is 49.7 Å². The monoisotopic (exact) mass is 1440 g/mol. The molecule has 24 heteroatoms. The molecule has 0 radical (unpaired) electrons. The first-order valence-corrected chi connectivity index (χ1v) is 36.8. The molecule has 5 N–H and O–H groups in total. The number of carbonyl (C=O) groups is 5. The number of likely N-dealkylation sites (tertiary alicyclic amines) is 3. The quantitative estimate of drug-likeness (QED) is 0.0633. The summed E-state index contributed by atoms with van der Waals surface area (Å²) in [6, 6.07) is 36.5. The summed E-state index contributed by atoms with van der Waals surface area (Å²) in [5.41, 5.74) is 14.4. The van der Waals surface area contributed by atoms with Gasteiger partial charge in [0.2, 0.25) is 11.8 Å². The molecule has 6 atom stereocenters. The average Bonchev–Trinajstić information content (AvgIpc) is 1.62. The number of rotatable bonds is 14. The standard InChI is InChI=1S/C43H50N6O7.C38H42N6O5.CH4/c1-25(2)37(47-40(51)53-6)39(50)49-24-43(54-18-19-55-43)22-36(49)38-44-23-34(46-38)27-11-9-26(10-12-27)28-13-15-30-29(20-28)14-16-32-31(30)21-33(45-32)35-8-7-17-48(35)41(52)56-42(3,4)5;1-22(2)34(43-37(46)47-3)36(45)44-21-38(48-15-16-49-38)19-33(44)35-40-20-32(42-35)24-8-6-23(7-9-24)25-10-12-27-26(17-25)11-13-29-28(27)18-31(41-29)30-5-4-14-39-30;/h9-16,20,23,25,35-37H,7-8,17-19,21-22,24H2,1-6H3,(H,44,46)(H,47,51);6-13,17,20,22,30,33-34,39H,4-5,14-16,18-19,21H2,1-3H3,(H,40,42)(H,43,46);1H4/t35-,36-,37-;30-,33-,34-;/m00./s1. The molecule has 2 spiro atoms. The highest BCUT2D eigenvalue weighted by molar-refractivity contribution is 6.06. The molecule has 0 bridgehead atoms. The molecule has 2 aromatic heterocycles. The van der Waals surface area contributed by atoms with Gasteiger partial charge in [-0.1, -0.05) is 120 Å². The van der Waals surface area contributed by atoms with Gasteiger partial charge >= 0.3 is 18.3 Å². The zero-order chi connectivity index (χ0) is 73.1. The minimum Gasteiger partial charge on any atom is -0.453 e. The zero-order valence-corrected chi connectivity index (χ0v) is 61.0. The van der Waals surface area contributed by atoms with Crippen LogP contribution in [0.25, 0.3) is 66.3 Å². The van der Waals surface area contributed by atoms with Crippen LogP contribution in [0.1, 0.15) is 129 Å². The molecule has 0 aliphatic carbocycles. The SMILES string of the molecule is C.COC(=O)N[C@H](C(=O)N1CC2(C[C@H]1c1ncc(-c3ccc(-c4ccc5c6c(ccc5c4)N=C([C@@H]4CCCN4)C6)cc3)[nH]1)OCCO2)C(C)C.COC(=O)N[C@H](C(=O)N1CC2(C[C@H]1c1ncc(-c3ccc(-c4ccc5c6c(ccc5c4)N=C([C@@H]4CCCN4C(=O)OC(C)(C)C)C6)cc3)[nH]1)OCCO2)C(C)C. The van der Waals surface area contributed by atoms with Crippen molar-refractivity contribution in [1.29, 1.82) is 0 Å². The highest BCUT2D eigenvalue weighted by Crippen LogP contribution is 2.46. The Morgan fingerprint density at radius 1 is 0.547 bits per heavy atom. The number of amides is 5. The van der Waals surface area contributed by atoms with Crippen LogP contribution in [0.2, 0.25) is 0 Å². The second-order valence-electron chi connectivity index (χ2n) is 30.4. The van der Waals surface area contributed by atoms with Gasteiger partial charge in [-0.05, 0) is 155 Å². The maximum Gasteiger partial charge on any atom is 0.410 e. The second-order valence-corrected chi connectivity index (χ2v) is 30.4. The fourth-order valence-corrected chi connectivity index (χ4v) is 16.3. The Labute approximate surface area is 617 Å². The number of imidazole rings is 2. The van der Waals surface area contributed by atoms with Crippen LogP contribution in [0.15, 0.2) is 132 Å². The van der Waals surface area contributed by atoms with Crippen molar-refractivity contribution in [3.8, 4) is 44.8 Å². The largest absolute Gasteiger partial charge is 0.453 e. The van der Waals surface area contributed by atoms with Crippen molar-refractivity contribution < 1.29 is 57.1 Å². The van der Waals surface area contributed by atoms with Gasteiger partial charge in [0.05, 0.1) is 107 Å². The van der Waals surface area contributed by atoms with Gasteiger partial charge in [-0.3, -0.25) is 24.5 Å². The molecular formula is C82H96N12O12. The number of methoxy groups -OCH3 is 2. The molecule has 8 aliphatic rings. The first-order valence-electron chi connectivity index (χ1n) is 36.8. The predicted octanol–water partition coefficient (Wildman–Crippen LogP) is 13.6. The molecule has 10 heterocycles. The molecule has 106 heavy (non-hydrogen) atoms. The van der Waals surface area contributed by atoms with Crippen molar-refractivity contribution in [3.63, 3.8) is 0 Å². The lowest BCUT2D eigenvalue weighted by atomic mass is 9.95. The molecule has 8 aromatic rings. The van der Waals surface area contributed by atoms with E-state index in [-0.39, 0.29) is 56.3 Å². The van der Waals surface area contributed by atoms with Gasteiger partial charge in [-0.25, -0.2) is 24.4 Å². The lowest BCUT2D eigenvalue weighted by Crippen LogP contribution is -2.52. The van der Waals surface area contributed by atoms with E-state index in [1.165, 1.54) is 60.1 Å². The molecule has 0 saturated carbocycles. The van der Waals surface area contributed by atoms with E-state index in [9.17, 15) is 24.0 Å². The van der Waals surface area contributed by atoms with Gasteiger partial charge < -0.3 is 68.9 Å². The minimum atomic E-state index is -0.921. The van der Waals surface area contributed by atoms with Crippen LogP contribution in [-0.4, -0.2) is 184 Å². The van der Waals surface area contributed by atoms with E-state index >= 15 is 0 Å². The summed E-state index contributed by atoms with van der Waals surface area (Å²) in [6.45, 7) is 17.3. The van der Waals surface area contributed by atoms with Crippen LogP contribution in [0.4, 0.5) is 25.8 Å². The highest BCUT2D eigenvalue weighted by Gasteiger charge is 2.55. The van der Waals surface area contributed by atoms with Crippen LogP contribution in [0.5, 0.6) is 0 Å². The number of ether oxygens (including phenoxy) is 7. The van der Waals surface area contributed by atoms with E-state index in [1.54, 1.807) is 22.2 Å². The molecule has 8 aliphatic heterocycles. The molecule has 6 saturated heterocycles. The minimum absolute atomic E-state index is 0. The number of aliphatic imine (C=N–C) groups is 2. The average molecular weight is 1440 g/mol. The van der Waals surface area contributed by atoms with Gasteiger partial charge in [-0.2, -0.15) is 0 Å². The molecular weight excluding hydrogens is 1340 g/mol. The Morgan fingerprint density at radius 3 is 1.42 bits per heavy atom. The third-order valence-electron chi connectivity index (χ3n) is 21.6. The number of nitrogens with one attached hydrogen (secondary N) is 5. The van der Waals surface area contributed by atoms with Crippen molar-refractivity contribution >= 4 is 74.4 Å². The van der Waals surface area contributed by atoms with Crippen molar-refractivity contribution in [2.45, 2.75) is 161 Å². The van der Waals surface area contributed by atoms with Crippen LogP contribution in [-0.2, 0) is 55.6 Å². The lowest BCUT2D eigenvalue weighted by molar-refractivity contribution is -0.153. The van der Waals surface area contributed by atoms with E-state index in [1.807, 2.05) is 53.4 Å². The Morgan fingerprint density at radius 2 is 0.991 bits per heavy atom. The third-order valence-corrected chi connectivity index (χ3v) is 21.6. The van der Waals surface area contributed by atoms with Gasteiger partial charge in [0.25, 0.3) is 0 Å². The smallest absolute Gasteiger partial charge is 0.410 e. The van der Waals surface area contributed by atoms with Crippen molar-refractivity contribution in [3.05, 3.63) is 144 Å². The van der Waals surface area contributed by atoms with Gasteiger partial charge in [0.15, 0.2) is 11.6 Å². The molecule has 556 valence electrons. The van der Waals surface area contributed by atoms with E-state index in [4.69, 9.17) is 53.1 Å². The van der Waals surface area contributed by atoms with E-state index < -0.39 is 53.5 Å². The maximum absolute atomic E-state index is 14.0. The van der Waals surface area contributed by atoms with Crippen molar-refractivity contribution in [2.24, 2.45) is 21.8 Å². The number of hydrogen-bond donors (Lipinski definition) is 5. The Hall–Kier alpha value is -9.85. The van der Waals surface area contributed by atoms with Crippen LogP contribution >= 0.6 is 0 Å². The lowest BCUT2D eigenvalue weighted by Gasteiger charge is -2.30. The number of benzene rings is 6. The van der Waals surface area contributed by atoms with Crippen molar-refractivity contribution in [1.82, 2.24) is 50.6 Å². The third kappa shape index (κ3) is 14.6. The van der Waals surface area contributed by atoms with Gasteiger partial charge in [0.1, 0.15) is 29.3 Å². The summed E-state index contributed by atoms with van der Waals surface area (Å²) in [5.74, 6) is -1.39. The first-order chi connectivity index (χ1) is 50.6. The molecule has 6 aromatic carbocycles. The number of H-pyrrole nitrogens is 2. The number of alkyl carbamates (subject to hydrolysis) is 2.